The van der Waals surface area contributed by atoms with Crippen LogP contribution in [-0.4, -0.2) is 45.6 Å². The Morgan fingerprint density at radius 2 is 0.870 bits per heavy atom. The minimum Gasteiger partial charge on any atom is -0.394 e. The van der Waals surface area contributed by atoms with E-state index >= 15 is 0 Å². The zero-order chi connectivity index (χ0) is 18.9. The third-order valence-electron chi connectivity index (χ3n) is 0.892. The van der Waals surface area contributed by atoms with Crippen molar-refractivity contribution in [1.82, 2.24) is 0 Å². The average molecular weight is 366 g/mol. The van der Waals surface area contributed by atoms with E-state index in [-0.39, 0.29) is 69.9 Å². The first-order valence-electron chi connectivity index (χ1n) is 6.76. The Morgan fingerprint density at radius 3 is 0.870 bits per heavy atom. The SMILES string of the molecule is CC(C)O.CC(C)O.[CH2-]C(=O)CC(C)=O.[CH2-]C(=O)CC(C)=O.[Ti+2]. The molecule has 0 amide bonds. The molecule has 0 aliphatic carbocycles. The third kappa shape index (κ3) is 154. The molecule has 0 aromatic rings. The Morgan fingerprint density at radius 1 is 0.739 bits per heavy atom. The molecular weight excluding hydrogens is 336 g/mol. The van der Waals surface area contributed by atoms with Gasteiger partial charge >= 0.3 is 21.7 Å². The van der Waals surface area contributed by atoms with Crippen LogP contribution >= 0.6 is 0 Å². The van der Waals surface area contributed by atoms with Crippen molar-refractivity contribution in [3.8, 4) is 0 Å². The van der Waals surface area contributed by atoms with E-state index in [0.29, 0.717) is 0 Å². The maximum absolute atomic E-state index is 9.99. The maximum atomic E-state index is 9.99. The molecule has 0 saturated heterocycles. The number of hydrogen-bond acceptors (Lipinski definition) is 6. The van der Waals surface area contributed by atoms with E-state index in [1.807, 2.05) is 0 Å². The van der Waals surface area contributed by atoms with Crippen LogP contribution in [-0.2, 0) is 40.9 Å². The van der Waals surface area contributed by atoms with Gasteiger partial charge in [0, 0.05) is 36.6 Å². The fraction of sp³-hybridized carbons (Fsp3) is 0.625. The molecule has 6 nitrogen and oxygen atoms in total. The van der Waals surface area contributed by atoms with Gasteiger partial charge in [0.2, 0.25) is 0 Å². The van der Waals surface area contributed by atoms with Gasteiger partial charge in [-0.3, -0.25) is 9.59 Å². The van der Waals surface area contributed by atoms with Gasteiger partial charge in [0.25, 0.3) is 0 Å². The van der Waals surface area contributed by atoms with Crippen LogP contribution in [0.1, 0.15) is 54.4 Å². The van der Waals surface area contributed by atoms with Gasteiger partial charge in [-0.15, -0.1) is 0 Å². The van der Waals surface area contributed by atoms with Crippen LogP contribution in [0.15, 0.2) is 0 Å². The minimum absolute atomic E-state index is 0. The molecule has 0 heterocycles. The number of Topliss-reactive ketones (excluding diaryl/α,β-unsaturated/α-hetero) is 4. The van der Waals surface area contributed by atoms with Crippen molar-refractivity contribution >= 4 is 23.1 Å². The molecule has 0 spiro atoms. The zero-order valence-corrected chi connectivity index (χ0v) is 16.6. The second kappa shape index (κ2) is 23.3. The number of aliphatic hydroxyl groups excluding tert-OH is 2. The van der Waals surface area contributed by atoms with E-state index in [0.717, 1.165) is 0 Å². The van der Waals surface area contributed by atoms with Crippen LogP contribution in [0.5, 0.6) is 0 Å². The van der Waals surface area contributed by atoms with E-state index < -0.39 is 0 Å². The molecule has 0 aromatic heterocycles. The Balaban J connectivity index is -0.0000000639. The van der Waals surface area contributed by atoms with Crippen LogP contribution in [0.4, 0.5) is 0 Å². The number of ketones is 4. The van der Waals surface area contributed by atoms with Crippen molar-refractivity contribution in [2.24, 2.45) is 0 Å². The number of carbonyl (C=O) groups is 4. The minimum atomic E-state index is -0.312. The topological polar surface area (TPSA) is 109 Å². The fourth-order valence-electron chi connectivity index (χ4n) is 0.555. The number of carbonyl (C=O) groups excluding carboxylic acids is 4. The van der Waals surface area contributed by atoms with Crippen LogP contribution in [0, 0.1) is 13.8 Å². The summed E-state index contributed by atoms with van der Waals surface area (Å²) < 4.78 is 0. The van der Waals surface area contributed by atoms with Crippen LogP contribution in [0.3, 0.4) is 0 Å². The summed E-state index contributed by atoms with van der Waals surface area (Å²) in [5, 5.41) is 16.1. The maximum Gasteiger partial charge on any atom is 2.00 e. The molecule has 2 N–H and O–H groups in total. The molecule has 0 radical (unpaired) electrons. The molecule has 23 heavy (non-hydrogen) atoms. The molecule has 0 atom stereocenters. The van der Waals surface area contributed by atoms with Gasteiger partial charge in [0.05, 0.1) is 0 Å². The molecule has 0 fully saturated rings. The predicted molar refractivity (Wildman–Crippen MR) is 86.0 cm³/mol. The monoisotopic (exact) mass is 366 g/mol. The first-order chi connectivity index (χ1) is 9.72. The van der Waals surface area contributed by atoms with Gasteiger partial charge in [-0.1, -0.05) is 0 Å². The van der Waals surface area contributed by atoms with Gasteiger partial charge in [-0.05, 0) is 41.5 Å². The summed E-state index contributed by atoms with van der Waals surface area (Å²) in [4.78, 5) is 39.8. The summed E-state index contributed by atoms with van der Waals surface area (Å²) >= 11 is 0. The summed E-state index contributed by atoms with van der Waals surface area (Å²) in [7, 11) is 0. The van der Waals surface area contributed by atoms with Gasteiger partial charge in [0.15, 0.2) is 0 Å². The molecule has 0 rings (SSSR count). The Bertz CT molecular complexity index is 263. The van der Waals surface area contributed by atoms with Crippen LogP contribution in [0.2, 0.25) is 0 Å². The van der Waals surface area contributed by atoms with Crippen molar-refractivity contribution in [3.63, 3.8) is 0 Å². The first-order valence-corrected chi connectivity index (χ1v) is 6.76. The normalized spacial score (nSPS) is 8.09. The van der Waals surface area contributed by atoms with Gasteiger partial charge in [0.1, 0.15) is 11.6 Å². The van der Waals surface area contributed by atoms with Gasteiger partial charge < -0.3 is 33.6 Å². The standard InChI is InChI=1S/2C5H7O2.2C3H8O.Ti/c2*1-4(6)3-5(2)7;2*1-3(2)4;/h2*1,3H2,2H3;2*3-4H,1-2H3;/q2*-1;;;+2. The Labute approximate surface area is 154 Å². The number of rotatable bonds is 4. The number of hydrogen-bond donors (Lipinski definition) is 2. The van der Waals surface area contributed by atoms with Crippen molar-refractivity contribution in [3.05, 3.63) is 13.8 Å². The first kappa shape index (κ1) is 33.6. The fourth-order valence-corrected chi connectivity index (χ4v) is 0.555. The Kier molecular flexibility index (Phi) is 34.1. The molecule has 134 valence electrons. The van der Waals surface area contributed by atoms with Crippen molar-refractivity contribution in [1.29, 1.82) is 0 Å². The van der Waals surface area contributed by atoms with Crippen molar-refractivity contribution in [2.75, 3.05) is 0 Å². The second-order valence-corrected chi connectivity index (χ2v) is 5.02. The molecule has 7 heteroatoms. The molecule has 0 saturated carbocycles. The second-order valence-electron chi connectivity index (χ2n) is 5.02. The Hall–Kier alpha value is -0.946. The quantitative estimate of drug-likeness (QED) is 0.444. The van der Waals surface area contributed by atoms with E-state index in [4.69, 9.17) is 10.2 Å². The molecule has 0 aliphatic heterocycles. The van der Waals surface area contributed by atoms with Gasteiger partial charge in [-0.25, -0.2) is 0 Å². The molecule has 0 aliphatic rings. The zero-order valence-electron chi connectivity index (χ0n) is 15.0. The van der Waals surface area contributed by atoms with E-state index in [1.54, 1.807) is 27.7 Å². The molecule has 0 unspecified atom stereocenters. The predicted octanol–water partition coefficient (Wildman–Crippen LogP) is 1.51. The summed E-state index contributed by atoms with van der Waals surface area (Å²) in [6.45, 7) is 15.7. The average Bonchev–Trinajstić information content (AvgIpc) is 2.10. The summed E-state index contributed by atoms with van der Waals surface area (Å²) in [5.74, 6) is -0.875. The smallest absolute Gasteiger partial charge is 0.394 e. The van der Waals surface area contributed by atoms with E-state index in [1.165, 1.54) is 13.8 Å². The molecule has 0 bridgehead atoms. The summed E-state index contributed by atoms with van der Waals surface area (Å²) in [6.07, 6.45) is -0.389. The third-order valence-corrected chi connectivity index (χ3v) is 0.892. The van der Waals surface area contributed by atoms with E-state index in [9.17, 15) is 19.2 Å². The largest absolute Gasteiger partial charge is 2.00 e. The summed E-state index contributed by atoms with van der Waals surface area (Å²) in [5.41, 5.74) is 0. The van der Waals surface area contributed by atoms with Gasteiger partial charge in [-0.2, -0.15) is 0 Å². The number of aliphatic hydroxyl groups is 2. The van der Waals surface area contributed by atoms with E-state index in [2.05, 4.69) is 13.8 Å². The van der Waals surface area contributed by atoms with Crippen molar-refractivity contribution in [2.45, 2.75) is 66.6 Å². The molecule has 0 aromatic carbocycles. The molecular formula is C16H30O6Ti. The van der Waals surface area contributed by atoms with Crippen molar-refractivity contribution < 1.29 is 51.1 Å². The van der Waals surface area contributed by atoms with Crippen LogP contribution < -0.4 is 0 Å². The summed E-state index contributed by atoms with van der Waals surface area (Å²) in [6, 6.07) is 0. The van der Waals surface area contributed by atoms with Crippen LogP contribution in [0.25, 0.3) is 0 Å².